The molecule has 0 aliphatic heterocycles. The molecule has 0 amide bonds. The van der Waals surface area contributed by atoms with Crippen molar-refractivity contribution in [3.8, 4) is 5.75 Å². The van der Waals surface area contributed by atoms with Gasteiger partial charge in [0.05, 0.1) is 0 Å². The highest BCUT2D eigenvalue weighted by atomic mass is 19.1. The van der Waals surface area contributed by atoms with Crippen LogP contribution in [-0.2, 0) is 12.8 Å². The molecule has 0 atom stereocenters. The van der Waals surface area contributed by atoms with E-state index >= 15 is 0 Å². The van der Waals surface area contributed by atoms with E-state index in [0.29, 0.717) is 6.61 Å². The summed E-state index contributed by atoms with van der Waals surface area (Å²) in [5.41, 5.74) is 4.70. The molecule has 0 aromatic heterocycles. The number of nitrogens with zero attached hydrogens (tertiary/aromatic N) is 1. The van der Waals surface area contributed by atoms with Crippen LogP contribution in [0.3, 0.4) is 0 Å². The third-order valence-electron chi connectivity index (χ3n) is 4.77. The van der Waals surface area contributed by atoms with E-state index < -0.39 is 0 Å². The Morgan fingerprint density at radius 3 is 2.21 bits per heavy atom. The van der Waals surface area contributed by atoms with Crippen LogP contribution in [0, 0.1) is 5.82 Å². The lowest BCUT2D eigenvalue weighted by molar-refractivity contribution is 0.261. The molecule has 0 N–H and O–H groups in total. The molecular formula is C26H28FNO. The van der Waals surface area contributed by atoms with E-state index in [-0.39, 0.29) is 5.82 Å². The minimum atomic E-state index is -0.213. The van der Waals surface area contributed by atoms with Gasteiger partial charge in [0.1, 0.15) is 18.2 Å². The largest absolute Gasteiger partial charge is 0.492 e. The second kappa shape index (κ2) is 10.6. The Morgan fingerprint density at radius 1 is 0.862 bits per heavy atom. The van der Waals surface area contributed by atoms with Crippen LogP contribution < -0.4 is 4.74 Å². The van der Waals surface area contributed by atoms with Crippen LogP contribution in [0.1, 0.15) is 16.7 Å². The summed E-state index contributed by atoms with van der Waals surface area (Å²) in [6.07, 6.45) is 3.87. The molecule has 0 unspecified atom stereocenters. The van der Waals surface area contributed by atoms with E-state index in [0.717, 1.165) is 30.7 Å². The molecule has 0 saturated heterocycles. The van der Waals surface area contributed by atoms with E-state index in [1.54, 1.807) is 0 Å². The monoisotopic (exact) mass is 389 g/mol. The second-order valence-electron chi connectivity index (χ2n) is 7.40. The number of benzene rings is 3. The Morgan fingerprint density at radius 2 is 1.55 bits per heavy atom. The Kier molecular flexibility index (Phi) is 7.60. The van der Waals surface area contributed by atoms with Crippen molar-refractivity contribution < 1.29 is 9.13 Å². The molecule has 150 valence electrons. The maximum absolute atomic E-state index is 13.4. The van der Waals surface area contributed by atoms with Gasteiger partial charge in [-0.1, -0.05) is 60.7 Å². The standard InChI is InChI=1S/C26H28FNO/c1-28(2)18-19-29-26-16-9-22(10-17-26)20-24(23-12-14-25(27)15-13-23)11-8-21-6-4-3-5-7-21/h3-7,9-17H,8,18-20H2,1-2H3. The van der Waals surface area contributed by atoms with Gasteiger partial charge in [0.15, 0.2) is 0 Å². The number of allylic oxidation sites excluding steroid dienone is 2. The third-order valence-corrected chi connectivity index (χ3v) is 4.77. The van der Waals surface area contributed by atoms with E-state index in [4.69, 9.17) is 4.74 Å². The minimum absolute atomic E-state index is 0.213. The van der Waals surface area contributed by atoms with Gasteiger partial charge in [-0.3, -0.25) is 0 Å². The first kappa shape index (κ1) is 20.8. The lowest BCUT2D eigenvalue weighted by Crippen LogP contribution is -2.19. The van der Waals surface area contributed by atoms with Gasteiger partial charge in [0.25, 0.3) is 0 Å². The Bertz CT molecular complexity index is 900. The maximum Gasteiger partial charge on any atom is 0.123 e. The summed E-state index contributed by atoms with van der Waals surface area (Å²) in [5.74, 6) is 0.669. The molecule has 3 aromatic carbocycles. The van der Waals surface area contributed by atoms with Crippen molar-refractivity contribution in [2.45, 2.75) is 12.8 Å². The molecule has 0 fully saturated rings. The topological polar surface area (TPSA) is 12.5 Å². The number of rotatable bonds is 9. The van der Waals surface area contributed by atoms with Crippen LogP contribution in [0.25, 0.3) is 5.57 Å². The minimum Gasteiger partial charge on any atom is -0.492 e. The van der Waals surface area contributed by atoms with Crippen LogP contribution in [0.2, 0.25) is 0 Å². The van der Waals surface area contributed by atoms with Crippen LogP contribution in [-0.4, -0.2) is 32.1 Å². The fraction of sp³-hybridized carbons (Fsp3) is 0.231. The van der Waals surface area contributed by atoms with Gasteiger partial charge in [-0.05, 0) is 73.5 Å². The van der Waals surface area contributed by atoms with Gasteiger partial charge in [-0.25, -0.2) is 4.39 Å². The molecule has 0 radical (unpaired) electrons. The fourth-order valence-electron chi connectivity index (χ4n) is 3.08. The van der Waals surface area contributed by atoms with Crippen molar-refractivity contribution in [1.82, 2.24) is 4.90 Å². The summed E-state index contributed by atoms with van der Waals surface area (Å²) in [7, 11) is 4.07. The van der Waals surface area contributed by atoms with Gasteiger partial charge in [-0.15, -0.1) is 0 Å². The van der Waals surface area contributed by atoms with E-state index in [2.05, 4.69) is 47.4 Å². The van der Waals surface area contributed by atoms with E-state index in [1.165, 1.54) is 28.8 Å². The molecule has 0 saturated carbocycles. The molecule has 0 aliphatic carbocycles. The number of halogens is 1. The van der Waals surface area contributed by atoms with Crippen LogP contribution in [0.4, 0.5) is 4.39 Å². The first-order valence-corrected chi connectivity index (χ1v) is 9.95. The molecule has 3 heteroatoms. The molecule has 0 heterocycles. The molecule has 3 aromatic rings. The van der Waals surface area contributed by atoms with Gasteiger partial charge in [-0.2, -0.15) is 0 Å². The highest BCUT2D eigenvalue weighted by Crippen LogP contribution is 2.23. The molecule has 0 bridgehead atoms. The average molecular weight is 390 g/mol. The zero-order valence-corrected chi connectivity index (χ0v) is 17.1. The zero-order chi connectivity index (χ0) is 20.5. The number of hydrogen-bond donors (Lipinski definition) is 0. The van der Waals surface area contributed by atoms with Gasteiger partial charge >= 0.3 is 0 Å². The number of hydrogen-bond acceptors (Lipinski definition) is 2. The summed E-state index contributed by atoms with van der Waals surface area (Å²) in [5, 5.41) is 0. The highest BCUT2D eigenvalue weighted by molar-refractivity contribution is 5.68. The van der Waals surface area contributed by atoms with Crippen molar-refractivity contribution in [2.24, 2.45) is 0 Å². The van der Waals surface area contributed by atoms with Crippen LogP contribution in [0.5, 0.6) is 5.75 Å². The quantitative estimate of drug-likeness (QED) is 0.470. The predicted molar refractivity (Wildman–Crippen MR) is 119 cm³/mol. The lowest BCUT2D eigenvalue weighted by atomic mass is 9.96. The van der Waals surface area contributed by atoms with Crippen LogP contribution in [0.15, 0.2) is 84.9 Å². The average Bonchev–Trinajstić information content (AvgIpc) is 2.73. The fourth-order valence-corrected chi connectivity index (χ4v) is 3.08. The van der Waals surface area contributed by atoms with Gasteiger partial charge in [0, 0.05) is 6.54 Å². The smallest absolute Gasteiger partial charge is 0.123 e. The Labute approximate surface area is 173 Å². The molecule has 0 aliphatic rings. The summed E-state index contributed by atoms with van der Waals surface area (Å²) in [6, 6.07) is 25.4. The number of ether oxygens (including phenoxy) is 1. The maximum atomic E-state index is 13.4. The van der Waals surface area contributed by atoms with Crippen molar-refractivity contribution in [3.05, 3.63) is 107 Å². The summed E-state index contributed by atoms with van der Waals surface area (Å²) in [6.45, 7) is 1.56. The molecule has 2 nitrogen and oxygen atoms in total. The van der Waals surface area contributed by atoms with Crippen molar-refractivity contribution in [2.75, 3.05) is 27.2 Å². The van der Waals surface area contributed by atoms with Crippen molar-refractivity contribution >= 4 is 5.57 Å². The third kappa shape index (κ3) is 6.88. The Hall–Kier alpha value is -2.91. The summed E-state index contributed by atoms with van der Waals surface area (Å²) < 4.78 is 19.2. The summed E-state index contributed by atoms with van der Waals surface area (Å²) in [4.78, 5) is 2.10. The second-order valence-corrected chi connectivity index (χ2v) is 7.40. The van der Waals surface area contributed by atoms with E-state index in [9.17, 15) is 4.39 Å². The van der Waals surface area contributed by atoms with Gasteiger partial charge < -0.3 is 9.64 Å². The van der Waals surface area contributed by atoms with Crippen LogP contribution >= 0.6 is 0 Å². The summed E-state index contributed by atoms with van der Waals surface area (Å²) >= 11 is 0. The normalized spacial score (nSPS) is 11.7. The lowest BCUT2D eigenvalue weighted by Gasteiger charge is -2.12. The van der Waals surface area contributed by atoms with Gasteiger partial charge in [0.2, 0.25) is 0 Å². The molecule has 3 rings (SSSR count). The molecule has 0 spiro atoms. The van der Waals surface area contributed by atoms with Crippen molar-refractivity contribution in [3.63, 3.8) is 0 Å². The number of likely N-dealkylation sites (N-methyl/N-ethyl adjacent to an activating group) is 1. The molecule has 29 heavy (non-hydrogen) atoms. The first-order valence-electron chi connectivity index (χ1n) is 9.95. The van der Waals surface area contributed by atoms with E-state index in [1.807, 2.05) is 44.4 Å². The van der Waals surface area contributed by atoms with Crippen molar-refractivity contribution in [1.29, 1.82) is 0 Å². The molecular weight excluding hydrogens is 361 g/mol. The predicted octanol–water partition coefficient (Wildman–Crippen LogP) is 5.63. The zero-order valence-electron chi connectivity index (χ0n) is 17.1. The first-order chi connectivity index (χ1) is 14.1. The highest BCUT2D eigenvalue weighted by Gasteiger charge is 2.05. The Balaban J connectivity index is 1.73. The SMILES string of the molecule is CN(C)CCOc1ccc(CC(=CCc2ccccc2)c2ccc(F)cc2)cc1.